The average Bonchev–Trinajstić information content (AvgIpc) is 1.45. The van der Waals surface area contributed by atoms with E-state index in [2.05, 4.69) is 9.80 Å². The molecular formula is C72H100N2O22. The van der Waals surface area contributed by atoms with E-state index in [1.54, 1.807) is 103 Å². The van der Waals surface area contributed by atoms with Crippen LogP contribution in [0.1, 0.15) is 98.8 Å². The Hall–Kier alpha value is -4.32. The van der Waals surface area contributed by atoms with Crippen molar-refractivity contribution in [3.63, 3.8) is 0 Å². The van der Waals surface area contributed by atoms with Crippen LogP contribution in [0.5, 0.6) is 0 Å². The van der Waals surface area contributed by atoms with E-state index in [1.807, 2.05) is 13.8 Å². The Labute approximate surface area is 561 Å². The molecule has 2 heterocycles. The summed E-state index contributed by atoms with van der Waals surface area (Å²) in [6, 6.07) is 15.9. The molecule has 10 aliphatic carbocycles. The van der Waals surface area contributed by atoms with Crippen molar-refractivity contribution in [2.24, 2.45) is 69.0 Å². The summed E-state index contributed by atoms with van der Waals surface area (Å²) in [4.78, 5) is 64.0. The predicted molar refractivity (Wildman–Crippen MR) is 337 cm³/mol. The molecule has 0 aromatic heterocycles. The van der Waals surface area contributed by atoms with Crippen molar-refractivity contribution in [3.8, 4) is 0 Å². The minimum atomic E-state index is -1.99. The largest absolute Gasteiger partial charge is 0.455 e. The van der Waals surface area contributed by atoms with E-state index < -0.39 is 201 Å². The van der Waals surface area contributed by atoms with Gasteiger partial charge < -0.3 is 87.5 Å². The van der Waals surface area contributed by atoms with Gasteiger partial charge in [0.2, 0.25) is 0 Å². The van der Waals surface area contributed by atoms with Gasteiger partial charge in [-0.1, -0.05) is 63.1 Å². The molecule has 2 spiro atoms. The first-order valence-corrected chi connectivity index (χ1v) is 34.9. The van der Waals surface area contributed by atoms with Crippen molar-refractivity contribution in [2.45, 2.75) is 186 Å². The zero-order valence-corrected chi connectivity index (χ0v) is 56.9. The first-order chi connectivity index (χ1) is 46.1. The molecule has 24 heteroatoms. The highest BCUT2D eigenvalue weighted by molar-refractivity contribution is 5.90. The molecule has 96 heavy (non-hydrogen) atoms. The number of methoxy groups -OCH3 is 8. The van der Waals surface area contributed by atoms with Gasteiger partial charge in [0, 0.05) is 165 Å². The molecule has 12 aliphatic rings. The van der Waals surface area contributed by atoms with Crippen LogP contribution in [0.25, 0.3) is 0 Å². The number of benzene rings is 2. The van der Waals surface area contributed by atoms with Crippen LogP contribution in [0.15, 0.2) is 60.7 Å². The fourth-order valence-corrected chi connectivity index (χ4v) is 25.5. The highest BCUT2D eigenvalue weighted by atomic mass is 16.6. The number of aliphatic hydroxyl groups is 6. The minimum absolute atomic E-state index is 0.0343. The van der Waals surface area contributed by atoms with Gasteiger partial charge in [0.1, 0.15) is 47.8 Å². The Morgan fingerprint density at radius 3 is 1.19 bits per heavy atom. The van der Waals surface area contributed by atoms with E-state index in [4.69, 9.17) is 56.8 Å². The third-order valence-corrected chi connectivity index (χ3v) is 27.8. The first kappa shape index (κ1) is 68.8. The Morgan fingerprint density at radius 2 is 0.865 bits per heavy atom. The molecule has 2 unspecified atom stereocenters. The Morgan fingerprint density at radius 1 is 0.490 bits per heavy atom. The van der Waals surface area contributed by atoms with Crippen LogP contribution in [0, 0.1) is 69.0 Å². The van der Waals surface area contributed by atoms with Crippen molar-refractivity contribution in [2.75, 3.05) is 96.3 Å². The monoisotopic (exact) mass is 1340 g/mol. The lowest BCUT2D eigenvalue weighted by Crippen LogP contribution is -2.81. The van der Waals surface area contributed by atoms with Gasteiger partial charge >= 0.3 is 23.9 Å². The number of hydrogen-bond acceptors (Lipinski definition) is 24. The number of likely N-dealkylation sites (tertiary alicyclic amines) is 2. The second-order valence-electron chi connectivity index (χ2n) is 30.5. The molecule has 30 atom stereocenters. The van der Waals surface area contributed by atoms with Crippen LogP contribution >= 0.6 is 0 Å². The summed E-state index contributed by atoms with van der Waals surface area (Å²) in [5.41, 5.74) is -11.1. The Kier molecular flexibility index (Phi) is 17.7. The highest BCUT2D eigenvalue weighted by Gasteiger charge is 2.95. The maximum absolute atomic E-state index is 15.3. The lowest BCUT2D eigenvalue weighted by atomic mass is 9.42. The van der Waals surface area contributed by atoms with Crippen LogP contribution < -0.4 is 0 Å². The van der Waals surface area contributed by atoms with Gasteiger partial charge in [-0.2, -0.15) is 0 Å². The molecule has 0 radical (unpaired) electrons. The van der Waals surface area contributed by atoms with E-state index in [9.17, 15) is 40.2 Å². The summed E-state index contributed by atoms with van der Waals surface area (Å²) in [6.45, 7) is 6.12. The molecule has 10 saturated carbocycles. The highest BCUT2D eigenvalue weighted by Crippen LogP contribution is 2.83. The molecule has 6 N–H and O–H groups in total. The van der Waals surface area contributed by atoms with Gasteiger partial charge in [-0.15, -0.1) is 0 Å². The molecule has 14 bridgehead atoms. The van der Waals surface area contributed by atoms with E-state index in [0.29, 0.717) is 39.0 Å². The minimum Gasteiger partial charge on any atom is -0.455 e. The van der Waals surface area contributed by atoms with Gasteiger partial charge in [0.25, 0.3) is 0 Å². The van der Waals surface area contributed by atoms with Gasteiger partial charge in [0.05, 0.1) is 61.0 Å². The fraction of sp³-hybridized carbons (Fsp3) is 0.778. The second-order valence-corrected chi connectivity index (χ2v) is 30.5. The number of esters is 4. The van der Waals surface area contributed by atoms with E-state index in [1.165, 1.54) is 14.2 Å². The fourth-order valence-electron chi connectivity index (χ4n) is 25.5. The van der Waals surface area contributed by atoms with Crippen LogP contribution in [0.4, 0.5) is 0 Å². The molecule has 2 aromatic rings. The molecule has 2 saturated heterocycles. The summed E-state index contributed by atoms with van der Waals surface area (Å²) in [7, 11) is 12.4. The van der Waals surface area contributed by atoms with Gasteiger partial charge in [-0.05, 0) is 74.9 Å². The number of fused-ring (bicyclic) bond motifs is 4. The number of carbonyl (C=O) groups excluding carboxylic acids is 4. The molecule has 2 aromatic carbocycles. The number of aliphatic hydroxyl groups excluding tert-OH is 4. The summed E-state index contributed by atoms with van der Waals surface area (Å²) < 4.78 is 78.4. The molecule has 24 nitrogen and oxygen atoms in total. The number of rotatable bonds is 25. The molecule has 0 amide bonds. The number of ether oxygens (including phenoxy) is 12. The van der Waals surface area contributed by atoms with E-state index in [-0.39, 0.29) is 75.7 Å². The number of nitrogens with zero attached hydrogens (tertiary/aromatic N) is 2. The maximum atomic E-state index is 15.3. The molecule has 530 valence electrons. The summed E-state index contributed by atoms with van der Waals surface area (Å²) in [5, 5.41) is 78.6. The molecule has 12 fully saturated rings. The number of carbonyl (C=O) groups is 4. The van der Waals surface area contributed by atoms with Crippen LogP contribution in [0.2, 0.25) is 0 Å². The zero-order valence-electron chi connectivity index (χ0n) is 56.9. The Balaban J connectivity index is 0.764. The maximum Gasteiger partial charge on any atom is 0.338 e. The third kappa shape index (κ3) is 8.58. The summed E-state index contributed by atoms with van der Waals surface area (Å²) in [6.07, 6.45) is -12.1. The van der Waals surface area contributed by atoms with E-state index in [0.717, 1.165) is 0 Å². The van der Waals surface area contributed by atoms with Crippen molar-refractivity contribution < 1.29 is 107 Å². The summed E-state index contributed by atoms with van der Waals surface area (Å²) >= 11 is 0. The molecule has 14 rings (SSSR count). The van der Waals surface area contributed by atoms with Crippen molar-refractivity contribution in [3.05, 3.63) is 71.8 Å². The van der Waals surface area contributed by atoms with Gasteiger partial charge in [-0.25, -0.2) is 9.59 Å². The molecule has 2 aliphatic heterocycles. The standard InChI is InChI=1S/C72H100N2O22/c1-11-73-33-65(35-85-3)41(75)29-43(87-5)69-39-31-67(83)59(93-63(81)37-23-17-15-18-24-37)47(39)71(57(79)61(67)91-9,49(55(69)73)51(89-7)53(65)69)95-45(77)27-21-13-14-22-28-46(78)96-72-48-40(32-68(84,62(92-10)58(72)80)60(48)94-64(82)38-25-19-16-20-26-38)70-44(88-6)30-42(76)66(36-86-4)34-74(12-2)56(70)50(72)52(90-8)54(66)70/h15-20,23-26,39-44,47-62,75-76,79-80,83-84H,11-14,21-22,27-36H2,1-10H3/t39-,40-,41-,42-,43+,44+,47-,48-,49+,50+,51+,52+,53-,54-,55?,56?,57+,58+,59-,60-,61+,62+,65+,66+,67-,68-,69+,70+,71-,72-/m1/s1. The van der Waals surface area contributed by atoms with Crippen molar-refractivity contribution >= 4 is 23.9 Å². The predicted octanol–water partition coefficient (Wildman–Crippen LogP) is 2.61. The lowest BCUT2D eigenvalue weighted by Gasteiger charge is -2.70. The molecular weight excluding hydrogens is 1240 g/mol. The second kappa shape index (κ2) is 24.7. The average molecular weight is 1350 g/mol. The number of unbranched alkanes of at least 4 members (excludes halogenated alkanes) is 3. The lowest BCUT2D eigenvalue weighted by molar-refractivity contribution is -0.323. The van der Waals surface area contributed by atoms with Gasteiger partial charge in [-0.3, -0.25) is 19.4 Å². The zero-order chi connectivity index (χ0) is 68.2. The smallest absolute Gasteiger partial charge is 0.338 e. The SMILES string of the molecule is CCN1C[C@]2(COC)[C@H](O)C[C@H](OC)[C@]34C1[C@H]([C@H](OC)[C@H]23)[C@]1(OC(=O)CCCCCCC(=O)O[C@]23[C@H]5[C@@H](OC(=O)c6ccccc6)[C@](O)(C[C@H]5[C@@]56C7[C@@H]2[C@H](OC)[C@@H]5[C@](COC)(CN7CC)[C@H](O)C[C@@H]6OC)[C@@H](OC)[C@@H]3O)[C@H]2[C@@H](OC(=O)c3ccccc3)[C@](O)(C[C@H]24)[C@@H](OC)[C@@H]1O. The van der Waals surface area contributed by atoms with E-state index >= 15 is 9.59 Å². The number of hydrogen-bond donors (Lipinski definition) is 6. The number of piperidine rings is 2. The van der Waals surface area contributed by atoms with Crippen LogP contribution in [-0.4, -0.2) is 268 Å². The van der Waals surface area contributed by atoms with Crippen molar-refractivity contribution in [1.29, 1.82) is 0 Å². The van der Waals surface area contributed by atoms with Crippen molar-refractivity contribution in [1.82, 2.24) is 9.80 Å². The normalized spacial score (nSPS) is 48.5. The quantitative estimate of drug-likeness (QED) is 0.0473. The summed E-state index contributed by atoms with van der Waals surface area (Å²) in [5.74, 6) is -8.86. The van der Waals surface area contributed by atoms with Crippen LogP contribution in [0.3, 0.4) is 0 Å². The topological polar surface area (TPSA) is 307 Å². The van der Waals surface area contributed by atoms with Crippen LogP contribution in [-0.2, 0) is 66.4 Å². The van der Waals surface area contributed by atoms with Gasteiger partial charge in [0.15, 0.2) is 11.2 Å². The Bertz CT molecular complexity index is 3040. The first-order valence-electron chi connectivity index (χ1n) is 34.9. The third-order valence-electron chi connectivity index (χ3n) is 27.8.